The van der Waals surface area contributed by atoms with Gasteiger partial charge >= 0.3 is 0 Å². The minimum atomic E-state index is -0.520. The molecule has 3 nitrogen and oxygen atoms in total. The lowest BCUT2D eigenvalue weighted by molar-refractivity contribution is -0.124. The maximum absolute atomic E-state index is 11.6. The van der Waals surface area contributed by atoms with E-state index in [2.05, 4.69) is 11.2 Å². The molecule has 1 N–H and O–H groups in total. The van der Waals surface area contributed by atoms with Crippen LogP contribution >= 0.6 is 0 Å². The molecule has 1 aromatic carbocycles. The zero-order chi connectivity index (χ0) is 11.8. The molecule has 0 aromatic heterocycles. The van der Waals surface area contributed by atoms with Crippen LogP contribution in [0.5, 0.6) is 0 Å². The van der Waals surface area contributed by atoms with Crippen LogP contribution in [0.25, 0.3) is 0 Å². The molecule has 1 atom stereocenters. The molecule has 0 spiro atoms. The van der Waals surface area contributed by atoms with Crippen molar-refractivity contribution in [3.8, 4) is 12.3 Å². The summed E-state index contributed by atoms with van der Waals surface area (Å²) in [5.41, 5.74) is 1.05. The van der Waals surface area contributed by atoms with E-state index in [0.29, 0.717) is 6.54 Å². The highest BCUT2D eigenvalue weighted by Crippen LogP contribution is 2.00. The Bertz CT molecular complexity index is 367. The first kappa shape index (κ1) is 12.3. The summed E-state index contributed by atoms with van der Waals surface area (Å²) in [6.07, 6.45) is 5.24. The van der Waals surface area contributed by atoms with E-state index in [1.54, 1.807) is 0 Å². The molecular weight excluding hydrogens is 202 g/mol. The van der Waals surface area contributed by atoms with E-state index in [0.717, 1.165) is 5.56 Å². The van der Waals surface area contributed by atoms with Crippen molar-refractivity contribution >= 4 is 5.91 Å². The van der Waals surface area contributed by atoms with Gasteiger partial charge in [0.25, 0.3) is 0 Å². The Balaban J connectivity index is 2.44. The maximum atomic E-state index is 11.6. The van der Waals surface area contributed by atoms with Crippen molar-refractivity contribution in [1.82, 2.24) is 5.32 Å². The predicted molar refractivity (Wildman–Crippen MR) is 62.5 cm³/mol. The van der Waals surface area contributed by atoms with Gasteiger partial charge in [-0.3, -0.25) is 4.79 Å². The van der Waals surface area contributed by atoms with Crippen molar-refractivity contribution in [3.05, 3.63) is 35.9 Å². The first-order valence-electron chi connectivity index (χ1n) is 5.04. The number of carbonyl (C=O) groups is 1. The summed E-state index contributed by atoms with van der Waals surface area (Å²) in [7, 11) is 1.52. The molecule has 1 aromatic rings. The number of benzene rings is 1. The zero-order valence-electron chi connectivity index (χ0n) is 9.27. The van der Waals surface area contributed by atoms with Gasteiger partial charge in [0.05, 0.1) is 6.61 Å². The van der Waals surface area contributed by atoms with Gasteiger partial charge in [-0.05, 0) is 5.56 Å². The number of terminal acetylenes is 1. The van der Waals surface area contributed by atoms with Gasteiger partial charge in [-0.2, -0.15) is 0 Å². The van der Waals surface area contributed by atoms with Crippen molar-refractivity contribution in [2.45, 2.75) is 6.54 Å². The Morgan fingerprint density at radius 3 is 2.75 bits per heavy atom. The second kappa shape index (κ2) is 6.65. The molecule has 84 valence electrons. The molecule has 0 saturated carbocycles. The third-order valence-electron chi connectivity index (χ3n) is 2.16. The fourth-order valence-electron chi connectivity index (χ4n) is 1.27. The summed E-state index contributed by atoms with van der Waals surface area (Å²) in [6, 6.07) is 9.67. The topological polar surface area (TPSA) is 38.3 Å². The Kier molecular flexibility index (Phi) is 5.10. The minimum absolute atomic E-state index is 0.173. The van der Waals surface area contributed by atoms with Gasteiger partial charge in [-0.1, -0.05) is 36.3 Å². The van der Waals surface area contributed by atoms with Gasteiger partial charge < -0.3 is 10.1 Å². The number of ether oxygens (including phenoxy) is 1. The van der Waals surface area contributed by atoms with Crippen LogP contribution in [0, 0.1) is 18.3 Å². The van der Waals surface area contributed by atoms with Crippen LogP contribution in [-0.4, -0.2) is 19.6 Å². The van der Waals surface area contributed by atoms with Crippen LogP contribution in [0.1, 0.15) is 5.56 Å². The molecular formula is C13H15NO2. The van der Waals surface area contributed by atoms with Crippen LogP contribution in [0.15, 0.2) is 30.3 Å². The lowest BCUT2D eigenvalue weighted by Crippen LogP contribution is -2.31. The Morgan fingerprint density at radius 1 is 1.50 bits per heavy atom. The molecule has 0 aliphatic rings. The molecule has 0 saturated heterocycles. The van der Waals surface area contributed by atoms with Gasteiger partial charge in [0.1, 0.15) is 5.92 Å². The van der Waals surface area contributed by atoms with E-state index < -0.39 is 5.92 Å². The molecule has 16 heavy (non-hydrogen) atoms. The second-order valence-electron chi connectivity index (χ2n) is 3.38. The van der Waals surface area contributed by atoms with Gasteiger partial charge in [0.2, 0.25) is 5.91 Å². The Morgan fingerprint density at radius 2 is 2.19 bits per heavy atom. The van der Waals surface area contributed by atoms with Crippen molar-refractivity contribution in [1.29, 1.82) is 0 Å². The number of hydrogen-bond donors (Lipinski definition) is 1. The van der Waals surface area contributed by atoms with E-state index in [9.17, 15) is 4.79 Å². The van der Waals surface area contributed by atoms with Gasteiger partial charge in [0, 0.05) is 13.7 Å². The predicted octanol–water partition coefficient (Wildman–Crippen LogP) is 1.20. The average molecular weight is 217 g/mol. The highest BCUT2D eigenvalue weighted by molar-refractivity contribution is 5.81. The molecule has 0 bridgehead atoms. The summed E-state index contributed by atoms with van der Waals surface area (Å²) in [5, 5.41) is 2.77. The lowest BCUT2D eigenvalue weighted by atomic mass is 10.1. The molecule has 0 fully saturated rings. The quantitative estimate of drug-likeness (QED) is 0.753. The molecule has 0 heterocycles. The summed E-state index contributed by atoms with van der Waals surface area (Å²) >= 11 is 0. The third kappa shape index (κ3) is 3.76. The minimum Gasteiger partial charge on any atom is -0.383 e. The van der Waals surface area contributed by atoms with E-state index >= 15 is 0 Å². The average Bonchev–Trinajstić information content (AvgIpc) is 2.34. The lowest BCUT2D eigenvalue weighted by Gasteiger charge is -2.10. The zero-order valence-corrected chi connectivity index (χ0v) is 9.27. The second-order valence-corrected chi connectivity index (χ2v) is 3.38. The van der Waals surface area contributed by atoms with Crippen molar-refractivity contribution in [3.63, 3.8) is 0 Å². The van der Waals surface area contributed by atoms with Gasteiger partial charge in [0.15, 0.2) is 0 Å². The fraction of sp³-hybridized carbons (Fsp3) is 0.308. The summed E-state index contributed by atoms with van der Waals surface area (Å²) < 4.78 is 4.86. The number of hydrogen-bond acceptors (Lipinski definition) is 2. The standard InChI is InChI=1S/C13H15NO2/c1-3-12(10-16-2)13(15)14-9-11-7-5-4-6-8-11/h1,4-8,12H,9-10H2,2H3,(H,14,15)/t12-/m1/s1. The first-order chi connectivity index (χ1) is 7.77. The smallest absolute Gasteiger partial charge is 0.237 e. The van der Waals surface area contributed by atoms with Crippen LogP contribution in [0.4, 0.5) is 0 Å². The van der Waals surface area contributed by atoms with Crippen molar-refractivity contribution in [2.75, 3.05) is 13.7 Å². The molecule has 3 heteroatoms. The number of amides is 1. The van der Waals surface area contributed by atoms with E-state index in [1.165, 1.54) is 7.11 Å². The molecule has 0 aliphatic carbocycles. The maximum Gasteiger partial charge on any atom is 0.237 e. The fourth-order valence-corrected chi connectivity index (χ4v) is 1.27. The molecule has 0 radical (unpaired) electrons. The highest BCUT2D eigenvalue weighted by atomic mass is 16.5. The molecule has 1 rings (SSSR count). The van der Waals surface area contributed by atoms with E-state index in [4.69, 9.17) is 11.2 Å². The Hall–Kier alpha value is -1.79. The molecule has 0 unspecified atom stereocenters. The summed E-state index contributed by atoms with van der Waals surface area (Å²) in [5.74, 6) is 1.71. The number of nitrogens with one attached hydrogen (secondary N) is 1. The Labute approximate surface area is 95.8 Å². The van der Waals surface area contributed by atoms with Crippen molar-refractivity contribution in [2.24, 2.45) is 5.92 Å². The van der Waals surface area contributed by atoms with Crippen LogP contribution < -0.4 is 5.32 Å². The molecule has 0 aliphatic heterocycles. The van der Waals surface area contributed by atoms with Gasteiger partial charge in [-0.25, -0.2) is 0 Å². The number of carbonyl (C=O) groups excluding carboxylic acids is 1. The summed E-state index contributed by atoms with van der Waals surface area (Å²) in [6.45, 7) is 0.735. The van der Waals surface area contributed by atoms with Gasteiger partial charge in [-0.15, -0.1) is 6.42 Å². The van der Waals surface area contributed by atoms with Crippen LogP contribution in [0.3, 0.4) is 0 Å². The highest BCUT2D eigenvalue weighted by Gasteiger charge is 2.14. The number of methoxy groups -OCH3 is 1. The van der Waals surface area contributed by atoms with E-state index in [1.807, 2.05) is 30.3 Å². The number of rotatable bonds is 5. The SMILES string of the molecule is C#C[C@H](COC)C(=O)NCc1ccccc1. The van der Waals surface area contributed by atoms with Crippen molar-refractivity contribution < 1.29 is 9.53 Å². The third-order valence-corrected chi connectivity index (χ3v) is 2.16. The monoisotopic (exact) mass is 217 g/mol. The normalized spacial score (nSPS) is 11.5. The first-order valence-corrected chi connectivity index (χ1v) is 5.04. The summed E-state index contributed by atoms with van der Waals surface area (Å²) in [4.78, 5) is 11.6. The molecule has 1 amide bonds. The van der Waals surface area contributed by atoms with Crippen LogP contribution in [-0.2, 0) is 16.1 Å². The van der Waals surface area contributed by atoms with Crippen LogP contribution in [0.2, 0.25) is 0 Å². The largest absolute Gasteiger partial charge is 0.383 e. The van der Waals surface area contributed by atoms with E-state index in [-0.39, 0.29) is 12.5 Å².